The number of para-hydroxylation sites is 2. The number of benzene rings is 2. The van der Waals surface area contributed by atoms with Crippen molar-refractivity contribution in [3.05, 3.63) is 112 Å². The number of allylic oxidation sites excluding steroid dienone is 1. The molecule has 5 aromatic rings. The standard InChI is InChI=1S/C41H41N9O5/c1-46-39-27(11-8-15-33(39)50(41(46)55)34-18-19-38(53)43-40(34)54)10-4-2-3-5-12-29-24-48(45-44-29)23-28-13-9-17-37(42-28)49-26-30-22-31(49)25-47(30)21-20-36(52)32-14-6-7-16-35(32)51/h6-9,11,13-17,20-21,24,30-31,34,51H,2-3,5,12,18-19,22-23,25-26H2,1H3,(H,43,53,54)/b21-20+/t30-,31-,34?/m1/s1. The summed E-state index contributed by atoms with van der Waals surface area (Å²) < 4.78 is 4.81. The summed E-state index contributed by atoms with van der Waals surface area (Å²) in [5, 5.41) is 21.1. The first-order valence-corrected chi connectivity index (χ1v) is 18.6. The molecule has 1 unspecified atom stereocenters. The van der Waals surface area contributed by atoms with Crippen molar-refractivity contribution in [3.8, 4) is 17.6 Å². The van der Waals surface area contributed by atoms with E-state index in [4.69, 9.17) is 4.98 Å². The average molecular weight is 740 g/mol. The SMILES string of the molecule is Cn1c(=O)n(C2CCC(=O)NC2=O)c2cccc(C#CCCCCc3cn(Cc4cccc(N5C[C@H]6C[C@@H]5CN6/C=C/C(=O)c5ccccc5O)n4)nn3)c21. The first-order chi connectivity index (χ1) is 26.7. The number of hydrogen-bond acceptors (Lipinski definition) is 10. The van der Waals surface area contributed by atoms with Crippen LogP contribution in [0.4, 0.5) is 5.82 Å². The Morgan fingerprint density at radius 1 is 1.00 bits per heavy atom. The van der Waals surface area contributed by atoms with E-state index in [9.17, 15) is 24.3 Å². The fourth-order valence-corrected chi connectivity index (χ4v) is 7.95. The van der Waals surface area contributed by atoms with Gasteiger partial charge in [0, 0.05) is 63.5 Å². The number of carbonyl (C=O) groups is 3. The number of phenolic OH excluding ortho intramolecular Hbond substituents is 1. The second-order valence-electron chi connectivity index (χ2n) is 14.3. The van der Waals surface area contributed by atoms with Crippen LogP contribution >= 0.6 is 0 Å². The number of aromatic hydroxyl groups is 1. The number of hydrogen-bond donors (Lipinski definition) is 2. The molecule has 55 heavy (non-hydrogen) atoms. The number of likely N-dealkylation sites (tertiary alicyclic amines) is 1. The number of unbranched alkanes of at least 4 members (excludes halogenated alkanes) is 2. The molecule has 3 aromatic heterocycles. The molecule has 8 rings (SSSR count). The number of imide groups is 1. The van der Waals surface area contributed by atoms with Crippen LogP contribution in [0.3, 0.4) is 0 Å². The Kier molecular flexibility index (Phi) is 9.75. The first kappa shape index (κ1) is 35.5. The summed E-state index contributed by atoms with van der Waals surface area (Å²) in [5.41, 5.74) is 3.81. The number of aryl methyl sites for hydroxylation is 2. The van der Waals surface area contributed by atoms with E-state index in [-0.39, 0.29) is 42.0 Å². The van der Waals surface area contributed by atoms with Crippen LogP contribution in [0.25, 0.3) is 11.0 Å². The van der Waals surface area contributed by atoms with E-state index in [1.54, 1.807) is 31.3 Å². The highest BCUT2D eigenvalue weighted by Crippen LogP contribution is 2.34. The number of anilines is 1. The Bertz CT molecular complexity index is 2450. The summed E-state index contributed by atoms with van der Waals surface area (Å²) in [6.07, 6.45) is 10.0. The third-order valence-electron chi connectivity index (χ3n) is 10.7. The van der Waals surface area contributed by atoms with Gasteiger partial charge in [0.05, 0.1) is 40.1 Å². The van der Waals surface area contributed by atoms with Gasteiger partial charge in [-0.2, -0.15) is 0 Å². The number of pyridine rings is 1. The number of imidazole rings is 1. The zero-order chi connectivity index (χ0) is 38.1. The lowest BCUT2D eigenvalue weighted by atomic mass is 10.1. The van der Waals surface area contributed by atoms with E-state index in [2.05, 4.69) is 37.3 Å². The fraction of sp³-hybridized carbons (Fsp3) is 0.341. The second kappa shape index (κ2) is 15.1. The molecule has 3 saturated heterocycles. The van der Waals surface area contributed by atoms with Crippen LogP contribution < -0.4 is 15.9 Å². The predicted octanol–water partition coefficient (Wildman–Crippen LogP) is 3.48. The number of aromatic nitrogens is 6. The number of fused-ring (bicyclic) bond motifs is 3. The molecule has 3 fully saturated rings. The van der Waals surface area contributed by atoms with Gasteiger partial charge in [-0.25, -0.2) is 14.5 Å². The maximum Gasteiger partial charge on any atom is 0.329 e. The normalized spacial score (nSPS) is 19.3. The monoisotopic (exact) mass is 739 g/mol. The zero-order valence-corrected chi connectivity index (χ0v) is 30.5. The van der Waals surface area contributed by atoms with Gasteiger partial charge in [0.2, 0.25) is 11.8 Å². The number of phenols is 1. The molecule has 0 radical (unpaired) electrons. The molecule has 0 spiro atoms. The summed E-state index contributed by atoms with van der Waals surface area (Å²) in [4.78, 5) is 59.5. The van der Waals surface area contributed by atoms with Crippen molar-refractivity contribution in [2.24, 2.45) is 7.05 Å². The number of ketones is 1. The van der Waals surface area contributed by atoms with Gasteiger partial charge in [-0.1, -0.05) is 41.3 Å². The van der Waals surface area contributed by atoms with Crippen molar-refractivity contribution in [1.29, 1.82) is 0 Å². The second-order valence-corrected chi connectivity index (χ2v) is 14.3. The van der Waals surface area contributed by atoms with Crippen molar-refractivity contribution in [2.45, 2.75) is 69.6 Å². The molecule has 2 amide bonds. The molecule has 14 nitrogen and oxygen atoms in total. The summed E-state index contributed by atoms with van der Waals surface area (Å²) in [7, 11) is 1.68. The number of amides is 2. The van der Waals surface area contributed by atoms with Crippen LogP contribution in [0.5, 0.6) is 5.75 Å². The number of rotatable bonds is 11. The Balaban J connectivity index is 0.821. The lowest BCUT2D eigenvalue weighted by Crippen LogP contribution is -2.44. The minimum absolute atomic E-state index is 0.0106. The van der Waals surface area contributed by atoms with Gasteiger partial charge in [0.1, 0.15) is 17.6 Å². The van der Waals surface area contributed by atoms with Gasteiger partial charge < -0.3 is 14.9 Å². The van der Waals surface area contributed by atoms with E-state index in [0.717, 1.165) is 61.5 Å². The Hall–Kier alpha value is -6.49. The molecule has 6 heterocycles. The Morgan fingerprint density at radius 3 is 2.67 bits per heavy atom. The largest absolute Gasteiger partial charge is 0.507 e. The van der Waals surface area contributed by atoms with Crippen LogP contribution in [-0.2, 0) is 29.6 Å². The van der Waals surface area contributed by atoms with Gasteiger partial charge in [0.15, 0.2) is 5.78 Å². The van der Waals surface area contributed by atoms with Crippen LogP contribution in [0.2, 0.25) is 0 Å². The van der Waals surface area contributed by atoms with Crippen LogP contribution in [0.15, 0.2) is 83.9 Å². The summed E-state index contributed by atoms with van der Waals surface area (Å²) in [6.45, 7) is 2.13. The number of carbonyl (C=O) groups excluding carboxylic acids is 3. The van der Waals surface area contributed by atoms with E-state index in [1.807, 2.05) is 53.5 Å². The minimum Gasteiger partial charge on any atom is -0.507 e. The van der Waals surface area contributed by atoms with E-state index >= 15 is 0 Å². The highest BCUT2D eigenvalue weighted by Gasteiger charge is 2.42. The molecule has 2 bridgehead atoms. The van der Waals surface area contributed by atoms with Crippen molar-refractivity contribution in [3.63, 3.8) is 0 Å². The summed E-state index contributed by atoms with van der Waals surface area (Å²) in [6, 6.07) is 18.0. The zero-order valence-electron chi connectivity index (χ0n) is 30.5. The Labute approximate surface area is 317 Å². The van der Waals surface area contributed by atoms with Crippen molar-refractivity contribution in [2.75, 3.05) is 18.0 Å². The molecule has 0 aliphatic carbocycles. The highest BCUT2D eigenvalue weighted by atomic mass is 16.3. The predicted molar refractivity (Wildman–Crippen MR) is 204 cm³/mol. The quantitative estimate of drug-likeness (QED) is 0.0675. The van der Waals surface area contributed by atoms with Crippen molar-refractivity contribution < 1.29 is 19.5 Å². The summed E-state index contributed by atoms with van der Waals surface area (Å²) in [5.74, 6) is 6.41. The van der Waals surface area contributed by atoms with Gasteiger partial charge in [0.25, 0.3) is 0 Å². The first-order valence-electron chi connectivity index (χ1n) is 18.6. The van der Waals surface area contributed by atoms with Gasteiger partial charge in [-0.05, 0) is 68.5 Å². The minimum atomic E-state index is -0.734. The topological polar surface area (TPSA) is 160 Å². The third kappa shape index (κ3) is 7.25. The molecule has 3 aliphatic rings. The molecule has 2 aromatic carbocycles. The maximum absolute atomic E-state index is 13.2. The van der Waals surface area contributed by atoms with Gasteiger partial charge in [-0.3, -0.25) is 28.8 Å². The molecule has 3 atom stereocenters. The van der Waals surface area contributed by atoms with E-state index in [1.165, 1.54) is 15.2 Å². The van der Waals surface area contributed by atoms with E-state index < -0.39 is 11.9 Å². The number of piperazine rings is 1. The Morgan fingerprint density at radius 2 is 1.85 bits per heavy atom. The average Bonchev–Trinajstić information content (AvgIpc) is 3.97. The molecule has 2 N–H and O–H groups in total. The molecule has 0 saturated carbocycles. The number of nitrogens with zero attached hydrogens (tertiary/aromatic N) is 8. The highest BCUT2D eigenvalue weighted by molar-refractivity contribution is 6.06. The van der Waals surface area contributed by atoms with Gasteiger partial charge >= 0.3 is 5.69 Å². The van der Waals surface area contributed by atoms with Crippen LogP contribution in [0, 0.1) is 11.8 Å². The molecular weight excluding hydrogens is 699 g/mol. The fourth-order valence-electron chi connectivity index (χ4n) is 7.95. The summed E-state index contributed by atoms with van der Waals surface area (Å²) >= 11 is 0. The van der Waals surface area contributed by atoms with E-state index in [0.29, 0.717) is 35.6 Å². The van der Waals surface area contributed by atoms with Crippen molar-refractivity contribution in [1.82, 2.24) is 39.3 Å². The van der Waals surface area contributed by atoms with Crippen LogP contribution in [-0.4, -0.2) is 81.9 Å². The van der Waals surface area contributed by atoms with Crippen molar-refractivity contribution >= 4 is 34.4 Å². The molecule has 14 heteroatoms. The number of piperidine rings is 1. The molecule has 280 valence electrons. The smallest absolute Gasteiger partial charge is 0.329 e. The lowest BCUT2D eigenvalue weighted by Gasteiger charge is -2.34. The third-order valence-corrected chi connectivity index (χ3v) is 10.7. The number of nitrogens with one attached hydrogen (secondary N) is 1. The molecule has 3 aliphatic heterocycles. The lowest BCUT2D eigenvalue weighted by molar-refractivity contribution is -0.135. The maximum atomic E-state index is 13.2. The van der Waals surface area contributed by atoms with Crippen LogP contribution in [0.1, 0.15) is 71.9 Å². The molecular formula is C41H41N9O5. The van der Waals surface area contributed by atoms with Gasteiger partial charge in [-0.15, -0.1) is 5.10 Å².